The maximum Gasteiger partial charge on any atom is 0.243 e. The van der Waals surface area contributed by atoms with Crippen LogP contribution in [0.5, 0.6) is 0 Å². The van der Waals surface area contributed by atoms with E-state index in [2.05, 4.69) is 23.7 Å². The summed E-state index contributed by atoms with van der Waals surface area (Å²) in [5.41, 5.74) is 0.907. The van der Waals surface area contributed by atoms with Crippen LogP contribution in [0.3, 0.4) is 0 Å². The summed E-state index contributed by atoms with van der Waals surface area (Å²) in [5, 5.41) is 0. The standard InChI is InChI=1S/C19H26N4O2S/c1-15(2)22-10-16-9-17(11-22)13-23(12-16)26(24,25)19-5-3-18(4-6-19)21-8-7-20-14-21/h3-8,14-17H,9-13H2,1-2H3/t16-,17+. The molecule has 3 heterocycles. The molecule has 0 amide bonds. The molecule has 2 aliphatic rings. The van der Waals surface area contributed by atoms with Gasteiger partial charge in [0.15, 0.2) is 0 Å². The number of likely N-dealkylation sites (tertiary alicyclic amines) is 1. The quantitative estimate of drug-likeness (QED) is 0.823. The van der Waals surface area contributed by atoms with E-state index in [-0.39, 0.29) is 0 Å². The van der Waals surface area contributed by atoms with E-state index in [1.54, 1.807) is 29.0 Å². The average Bonchev–Trinajstić information content (AvgIpc) is 3.15. The second kappa shape index (κ2) is 6.79. The molecule has 2 bridgehead atoms. The molecule has 2 aliphatic heterocycles. The van der Waals surface area contributed by atoms with Crippen LogP contribution in [0.25, 0.3) is 5.69 Å². The predicted molar refractivity (Wildman–Crippen MR) is 101 cm³/mol. The van der Waals surface area contributed by atoms with Gasteiger partial charge in [0.2, 0.25) is 10.0 Å². The van der Waals surface area contributed by atoms with Gasteiger partial charge in [-0.25, -0.2) is 13.4 Å². The van der Waals surface area contributed by atoms with Gasteiger partial charge in [-0.2, -0.15) is 4.31 Å². The molecule has 0 N–H and O–H groups in total. The van der Waals surface area contributed by atoms with Crippen molar-refractivity contribution in [1.29, 1.82) is 0 Å². The Morgan fingerprint density at radius 3 is 2.23 bits per heavy atom. The summed E-state index contributed by atoms with van der Waals surface area (Å²) in [4.78, 5) is 6.89. The van der Waals surface area contributed by atoms with Gasteiger partial charge in [-0.3, -0.25) is 0 Å². The lowest BCUT2D eigenvalue weighted by molar-refractivity contribution is 0.0465. The van der Waals surface area contributed by atoms with Gasteiger partial charge >= 0.3 is 0 Å². The van der Waals surface area contributed by atoms with Crippen LogP contribution in [0.2, 0.25) is 0 Å². The second-order valence-corrected chi connectivity index (χ2v) is 9.74. The Bertz CT molecular complexity index is 832. The highest BCUT2D eigenvalue weighted by Crippen LogP contribution is 2.32. The topological polar surface area (TPSA) is 58.4 Å². The molecular weight excluding hydrogens is 348 g/mol. The van der Waals surface area contributed by atoms with Crippen molar-refractivity contribution in [1.82, 2.24) is 18.8 Å². The molecule has 0 aliphatic carbocycles. The summed E-state index contributed by atoms with van der Waals surface area (Å²) in [6, 6.07) is 7.60. The maximum atomic E-state index is 13.1. The fraction of sp³-hybridized carbons (Fsp3) is 0.526. The van der Waals surface area contributed by atoms with Crippen molar-refractivity contribution in [3.8, 4) is 5.69 Å². The van der Waals surface area contributed by atoms with Gasteiger partial charge in [-0.05, 0) is 56.4 Å². The number of hydrogen-bond donors (Lipinski definition) is 0. The zero-order chi connectivity index (χ0) is 18.3. The van der Waals surface area contributed by atoms with Crippen molar-refractivity contribution in [3.05, 3.63) is 43.0 Å². The van der Waals surface area contributed by atoms with E-state index in [0.717, 1.165) is 25.2 Å². The monoisotopic (exact) mass is 374 g/mol. The molecular formula is C19H26N4O2S. The Morgan fingerprint density at radius 1 is 1.04 bits per heavy atom. The van der Waals surface area contributed by atoms with Crippen LogP contribution in [0, 0.1) is 11.8 Å². The van der Waals surface area contributed by atoms with E-state index in [1.165, 1.54) is 0 Å². The lowest BCUT2D eigenvalue weighted by Crippen LogP contribution is -2.55. The smallest absolute Gasteiger partial charge is 0.243 e. The summed E-state index contributed by atoms with van der Waals surface area (Å²) in [5.74, 6) is 0.870. The second-order valence-electron chi connectivity index (χ2n) is 7.80. The highest BCUT2D eigenvalue weighted by Gasteiger charge is 2.39. The molecule has 2 saturated heterocycles. The minimum Gasteiger partial charge on any atom is -0.306 e. The summed E-state index contributed by atoms with van der Waals surface area (Å²) in [6.45, 7) is 7.70. The molecule has 0 radical (unpaired) electrons. The summed E-state index contributed by atoms with van der Waals surface area (Å²) in [7, 11) is -3.44. The Balaban J connectivity index is 1.52. The normalized spacial score (nSPS) is 24.9. The molecule has 4 rings (SSSR count). The van der Waals surface area contributed by atoms with Crippen molar-refractivity contribution in [2.75, 3.05) is 26.2 Å². The van der Waals surface area contributed by atoms with E-state index in [1.807, 2.05) is 22.9 Å². The first-order chi connectivity index (χ1) is 12.4. The van der Waals surface area contributed by atoms with Crippen LogP contribution >= 0.6 is 0 Å². The van der Waals surface area contributed by atoms with Crippen LogP contribution < -0.4 is 0 Å². The van der Waals surface area contributed by atoms with Crippen molar-refractivity contribution >= 4 is 10.0 Å². The number of aromatic nitrogens is 2. The van der Waals surface area contributed by atoms with Crippen molar-refractivity contribution in [3.63, 3.8) is 0 Å². The number of sulfonamides is 1. The first kappa shape index (κ1) is 17.7. The third-order valence-electron chi connectivity index (χ3n) is 5.58. The molecule has 0 saturated carbocycles. The predicted octanol–water partition coefficient (Wildman–Crippen LogP) is 2.22. The van der Waals surface area contributed by atoms with Gasteiger partial charge in [0, 0.05) is 50.3 Å². The lowest BCUT2D eigenvalue weighted by Gasteiger charge is -2.46. The van der Waals surface area contributed by atoms with E-state index in [9.17, 15) is 8.42 Å². The average molecular weight is 375 g/mol. The summed E-state index contributed by atoms with van der Waals surface area (Å²) < 4.78 is 29.8. The van der Waals surface area contributed by atoms with Gasteiger partial charge in [0.1, 0.15) is 0 Å². The lowest BCUT2D eigenvalue weighted by atomic mass is 9.85. The Morgan fingerprint density at radius 2 is 1.69 bits per heavy atom. The molecule has 140 valence electrons. The zero-order valence-corrected chi connectivity index (χ0v) is 16.1. The van der Waals surface area contributed by atoms with Crippen molar-refractivity contribution in [2.45, 2.75) is 31.2 Å². The van der Waals surface area contributed by atoms with Crippen LogP contribution in [0.4, 0.5) is 0 Å². The number of nitrogens with zero attached hydrogens (tertiary/aromatic N) is 4. The highest BCUT2D eigenvalue weighted by atomic mass is 32.2. The zero-order valence-electron chi connectivity index (χ0n) is 15.3. The molecule has 1 aromatic heterocycles. The van der Waals surface area contributed by atoms with E-state index < -0.39 is 10.0 Å². The number of rotatable bonds is 4. The molecule has 2 aromatic rings. The molecule has 0 spiro atoms. The number of piperidine rings is 2. The van der Waals surface area contributed by atoms with Crippen LogP contribution in [0.15, 0.2) is 47.9 Å². The first-order valence-electron chi connectivity index (χ1n) is 9.26. The number of fused-ring (bicyclic) bond motifs is 2. The third kappa shape index (κ3) is 3.31. The Labute approximate surface area is 155 Å². The third-order valence-corrected chi connectivity index (χ3v) is 7.43. The fourth-order valence-electron chi connectivity index (χ4n) is 4.24. The minimum atomic E-state index is -3.44. The van der Waals surface area contributed by atoms with E-state index >= 15 is 0 Å². The summed E-state index contributed by atoms with van der Waals surface area (Å²) in [6.07, 6.45) is 6.40. The van der Waals surface area contributed by atoms with Crippen molar-refractivity contribution < 1.29 is 8.42 Å². The van der Waals surface area contributed by atoms with E-state index in [4.69, 9.17) is 0 Å². The summed E-state index contributed by atoms with van der Waals surface area (Å²) >= 11 is 0. The molecule has 26 heavy (non-hydrogen) atoms. The number of imidazole rings is 1. The van der Waals surface area contributed by atoms with E-state index in [0.29, 0.717) is 35.9 Å². The molecule has 2 fully saturated rings. The van der Waals surface area contributed by atoms with Gasteiger partial charge < -0.3 is 9.47 Å². The number of hydrogen-bond acceptors (Lipinski definition) is 4. The van der Waals surface area contributed by atoms with Crippen LogP contribution in [-0.2, 0) is 10.0 Å². The molecule has 6 nitrogen and oxygen atoms in total. The largest absolute Gasteiger partial charge is 0.306 e. The van der Waals surface area contributed by atoms with Gasteiger partial charge in [-0.15, -0.1) is 0 Å². The van der Waals surface area contributed by atoms with Crippen molar-refractivity contribution in [2.24, 2.45) is 11.8 Å². The van der Waals surface area contributed by atoms with Gasteiger partial charge in [0.05, 0.1) is 11.2 Å². The number of benzene rings is 1. The van der Waals surface area contributed by atoms with Crippen LogP contribution in [0.1, 0.15) is 20.3 Å². The highest BCUT2D eigenvalue weighted by molar-refractivity contribution is 7.89. The van der Waals surface area contributed by atoms with Gasteiger partial charge in [-0.1, -0.05) is 0 Å². The molecule has 0 unspecified atom stereocenters. The molecule has 1 aromatic carbocycles. The molecule has 2 atom stereocenters. The van der Waals surface area contributed by atoms with Gasteiger partial charge in [0.25, 0.3) is 0 Å². The Hall–Kier alpha value is -1.70. The fourth-order valence-corrected chi connectivity index (χ4v) is 5.83. The Kier molecular flexibility index (Phi) is 4.62. The molecule has 7 heteroatoms. The first-order valence-corrected chi connectivity index (χ1v) is 10.7. The SMILES string of the molecule is CC(C)N1C[C@H]2C[C@@H](C1)CN(S(=O)(=O)c1ccc(-n3ccnc3)cc1)C2. The van der Waals surface area contributed by atoms with Crippen LogP contribution in [-0.4, -0.2) is 59.4 Å². The minimum absolute atomic E-state index is 0.377. The maximum absolute atomic E-state index is 13.1.